The number of hydrogen-bond donors (Lipinski definition) is 1. The third kappa shape index (κ3) is 2.86. The van der Waals surface area contributed by atoms with Crippen molar-refractivity contribution in [3.63, 3.8) is 0 Å². The molecule has 1 saturated heterocycles. The first kappa shape index (κ1) is 14.2. The molecule has 1 fully saturated rings. The fraction of sp³-hybridized carbons (Fsp3) is 0.571. The van der Waals surface area contributed by atoms with Gasteiger partial charge in [0.2, 0.25) is 0 Å². The van der Waals surface area contributed by atoms with Crippen molar-refractivity contribution in [2.45, 2.75) is 38.5 Å². The standard InChI is InChI=1S/C14H19F3N2/c1-9-10(2)19(7-6-13(9)18)12-5-3-4-11(8-12)14(15,16)17/h3-5,8-10,13H,6-7,18H2,1-2H3. The molecule has 1 aliphatic rings. The highest BCUT2D eigenvalue weighted by molar-refractivity contribution is 5.50. The fourth-order valence-electron chi connectivity index (χ4n) is 2.62. The van der Waals surface area contributed by atoms with E-state index in [1.54, 1.807) is 6.07 Å². The molecule has 1 aromatic rings. The van der Waals surface area contributed by atoms with Crippen LogP contribution in [0.2, 0.25) is 0 Å². The number of rotatable bonds is 1. The van der Waals surface area contributed by atoms with E-state index in [-0.39, 0.29) is 18.0 Å². The second-order valence-corrected chi connectivity index (χ2v) is 5.29. The molecular weight excluding hydrogens is 253 g/mol. The lowest BCUT2D eigenvalue weighted by Crippen LogP contribution is -2.51. The molecule has 2 N–H and O–H groups in total. The number of alkyl halides is 3. The molecule has 2 rings (SSSR count). The van der Waals surface area contributed by atoms with Crippen molar-refractivity contribution >= 4 is 5.69 Å². The van der Waals surface area contributed by atoms with Crippen molar-refractivity contribution in [2.24, 2.45) is 11.7 Å². The summed E-state index contributed by atoms with van der Waals surface area (Å²) < 4.78 is 38.2. The first-order valence-electron chi connectivity index (χ1n) is 6.50. The van der Waals surface area contributed by atoms with Gasteiger partial charge in [0.15, 0.2) is 0 Å². The van der Waals surface area contributed by atoms with Crippen LogP contribution in [0.1, 0.15) is 25.8 Å². The van der Waals surface area contributed by atoms with Gasteiger partial charge in [-0.2, -0.15) is 13.2 Å². The number of hydrogen-bond acceptors (Lipinski definition) is 2. The number of piperidine rings is 1. The lowest BCUT2D eigenvalue weighted by atomic mass is 9.87. The van der Waals surface area contributed by atoms with Crippen LogP contribution in [-0.2, 0) is 6.18 Å². The van der Waals surface area contributed by atoms with Gasteiger partial charge in [-0.3, -0.25) is 0 Å². The molecule has 5 heteroatoms. The SMILES string of the molecule is CC1C(N)CCN(c2cccc(C(F)(F)F)c2)C1C. The Morgan fingerprint density at radius 2 is 1.95 bits per heavy atom. The molecule has 0 aromatic heterocycles. The predicted octanol–water partition coefficient (Wildman–Crippen LogP) is 3.27. The zero-order valence-electron chi connectivity index (χ0n) is 11.1. The maximum Gasteiger partial charge on any atom is 0.416 e. The Hall–Kier alpha value is -1.23. The van der Waals surface area contributed by atoms with E-state index in [4.69, 9.17) is 5.73 Å². The molecule has 1 aliphatic heterocycles. The maximum absolute atomic E-state index is 12.7. The first-order valence-corrected chi connectivity index (χ1v) is 6.50. The van der Waals surface area contributed by atoms with Gasteiger partial charge >= 0.3 is 6.18 Å². The number of halogens is 3. The Bertz CT molecular complexity index is 445. The average Bonchev–Trinajstić information content (AvgIpc) is 2.35. The summed E-state index contributed by atoms with van der Waals surface area (Å²) in [5.41, 5.74) is 6.03. The monoisotopic (exact) mass is 272 g/mol. The molecule has 19 heavy (non-hydrogen) atoms. The molecule has 106 valence electrons. The van der Waals surface area contributed by atoms with E-state index in [2.05, 4.69) is 6.92 Å². The highest BCUT2D eigenvalue weighted by atomic mass is 19.4. The Morgan fingerprint density at radius 1 is 1.26 bits per heavy atom. The Balaban J connectivity index is 2.27. The molecule has 1 aromatic carbocycles. The van der Waals surface area contributed by atoms with Crippen molar-refractivity contribution in [3.8, 4) is 0 Å². The van der Waals surface area contributed by atoms with E-state index in [1.807, 2.05) is 11.8 Å². The second-order valence-electron chi connectivity index (χ2n) is 5.29. The lowest BCUT2D eigenvalue weighted by molar-refractivity contribution is -0.137. The fourth-order valence-corrected chi connectivity index (χ4v) is 2.62. The van der Waals surface area contributed by atoms with E-state index >= 15 is 0 Å². The van der Waals surface area contributed by atoms with Gasteiger partial charge in [0.05, 0.1) is 5.56 Å². The van der Waals surface area contributed by atoms with Crippen molar-refractivity contribution in [1.82, 2.24) is 0 Å². The quantitative estimate of drug-likeness (QED) is 0.850. The van der Waals surface area contributed by atoms with Crippen LogP contribution in [0.4, 0.5) is 18.9 Å². The lowest BCUT2D eigenvalue weighted by Gasteiger charge is -2.43. The van der Waals surface area contributed by atoms with Crippen LogP contribution in [0.15, 0.2) is 24.3 Å². The molecule has 0 radical (unpaired) electrons. The van der Waals surface area contributed by atoms with Gasteiger partial charge in [0, 0.05) is 24.3 Å². The highest BCUT2D eigenvalue weighted by Gasteiger charge is 2.33. The summed E-state index contributed by atoms with van der Waals surface area (Å²) in [5, 5.41) is 0. The summed E-state index contributed by atoms with van der Waals surface area (Å²) in [6, 6.07) is 5.79. The molecule has 0 bridgehead atoms. The molecule has 1 heterocycles. The van der Waals surface area contributed by atoms with Crippen molar-refractivity contribution in [1.29, 1.82) is 0 Å². The molecule has 3 atom stereocenters. The average molecular weight is 272 g/mol. The number of nitrogens with two attached hydrogens (primary N) is 1. The number of nitrogens with zero attached hydrogens (tertiary/aromatic N) is 1. The van der Waals surface area contributed by atoms with Crippen LogP contribution < -0.4 is 10.6 Å². The molecule has 3 unspecified atom stereocenters. The van der Waals surface area contributed by atoms with E-state index in [0.29, 0.717) is 12.2 Å². The smallest absolute Gasteiger partial charge is 0.368 e. The van der Waals surface area contributed by atoms with Crippen molar-refractivity contribution in [2.75, 3.05) is 11.4 Å². The number of anilines is 1. The van der Waals surface area contributed by atoms with Gasteiger partial charge in [-0.1, -0.05) is 13.0 Å². The predicted molar refractivity (Wildman–Crippen MR) is 70.0 cm³/mol. The molecule has 0 spiro atoms. The number of benzene rings is 1. The van der Waals surface area contributed by atoms with E-state index < -0.39 is 11.7 Å². The van der Waals surface area contributed by atoms with Gasteiger partial charge in [0.1, 0.15) is 0 Å². The minimum absolute atomic E-state index is 0.122. The Morgan fingerprint density at radius 3 is 2.58 bits per heavy atom. The van der Waals surface area contributed by atoms with E-state index in [9.17, 15) is 13.2 Å². The third-order valence-corrected chi connectivity index (χ3v) is 4.14. The first-order chi connectivity index (χ1) is 8.80. The second kappa shape index (κ2) is 5.04. The van der Waals surface area contributed by atoms with Crippen LogP contribution in [0.5, 0.6) is 0 Å². The van der Waals surface area contributed by atoms with Crippen LogP contribution in [0.25, 0.3) is 0 Å². The van der Waals surface area contributed by atoms with Crippen LogP contribution in [0, 0.1) is 5.92 Å². The van der Waals surface area contributed by atoms with Crippen LogP contribution >= 0.6 is 0 Å². The summed E-state index contributed by atoms with van der Waals surface area (Å²) >= 11 is 0. The molecular formula is C14H19F3N2. The highest BCUT2D eigenvalue weighted by Crippen LogP contribution is 2.34. The van der Waals surface area contributed by atoms with Gasteiger partial charge in [-0.15, -0.1) is 0 Å². The minimum atomic E-state index is -4.29. The topological polar surface area (TPSA) is 29.3 Å². The summed E-state index contributed by atoms with van der Waals surface area (Å²) in [5.74, 6) is 0.267. The van der Waals surface area contributed by atoms with Gasteiger partial charge < -0.3 is 10.6 Å². The van der Waals surface area contributed by atoms with E-state index in [0.717, 1.165) is 12.5 Å². The largest absolute Gasteiger partial charge is 0.416 e. The van der Waals surface area contributed by atoms with Gasteiger partial charge in [-0.05, 0) is 37.5 Å². The van der Waals surface area contributed by atoms with E-state index in [1.165, 1.54) is 12.1 Å². The van der Waals surface area contributed by atoms with Crippen LogP contribution in [-0.4, -0.2) is 18.6 Å². The summed E-state index contributed by atoms with van der Waals surface area (Å²) in [6.07, 6.45) is -3.49. The van der Waals surface area contributed by atoms with Crippen molar-refractivity contribution < 1.29 is 13.2 Å². The Labute approximate surface area is 111 Å². The van der Waals surface area contributed by atoms with Crippen LogP contribution in [0.3, 0.4) is 0 Å². The molecule has 0 amide bonds. The molecule has 0 saturated carbocycles. The van der Waals surface area contributed by atoms with Crippen molar-refractivity contribution in [3.05, 3.63) is 29.8 Å². The third-order valence-electron chi connectivity index (χ3n) is 4.14. The summed E-state index contributed by atoms with van der Waals surface area (Å²) in [7, 11) is 0. The molecule has 2 nitrogen and oxygen atoms in total. The maximum atomic E-state index is 12.7. The zero-order valence-corrected chi connectivity index (χ0v) is 11.1. The summed E-state index contributed by atoms with van der Waals surface area (Å²) in [6.45, 7) is 4.77. The zero-order chi connectivity index (χ0) is 14.2. The summed E-state index contributed by atoms with van der Waals surface area (Å²) in [4.78, 5) is 2.02. The Kier molecular flexibility index (Phi) is 3.76. The normalized spacial score (nSPS) is 28.5. The minimum Gasteiger partial charge on any atom is -0.368 e. The molecule has 0 aliphatic carbocycles. The van der Waals surface area contributed by atoms with Gasteiger partial charge in [-0.25, -0.2) is 0 Å². The van der Waals surface area contributed by atoms with Gasteiger partial charge in [0.25, 0.3) is 0 Å².